The van der Waals surface area contributed by atoms with Gasteiger partial charge in [-0.15, -0.1) is 0 Å². The number of nitrogens with zero attached hydrogens (tertiary/aromatic N) is 4. The van der Waals surface area contributed by atoms with Crippen molar-refractivity contribution < 1.29 is 14.0 Å². The highest BCUT2D eigenvalue weighted by molar-refractivity contribution is 5.95. The van der Waals surface area contributed by atoms with Crippen molar-refractivity contribution >= 4 is 22.8 Å². The van der Waals surface area contributed by atoms with Gasteiger partial charge in [0.15, 0.2) is 11.3 Å². The number of aromatic amines is 1. The van der Waals surface area contributed by atoms with Crippen LogP contribution in [-0.2, 0) is 0 Å². The number of furan rings is 1. The number of hydrogen-bond acceptors (Lipinski definition) is 6. The van der Waals surface area contributed by atoms with Gasteiger partial charge in [0.25, 0.3) is 11.8 Å². The number of piperidine rings is 1. The average Bonchev–Trinajstić information content (AvgIpc) is 3.13. The van der Waals surface area contributed by atoms with Crippen molar-refractivity contribution in [2.45, 2.75) is 19.3 Å². The van der Waals surface area contributed by atoms with E-state index in [2.05, 4.69) is 25.5 Å². The molecular formula is C19H20N6O3. The van der Waals surface area contributed by atoms with Gasteiger partial charge in [-0.2, -0.15) is 5.10 Å². The summed E-state index contributed by atoms with van der Waals surface area (Å²) in [5, 5.41) is 10.2. The van der Waals surface area contributed by atoms with Crippen molar-refractivity contribution in [1.29, 1.82) is 0 Å². The highest BCUT2D eigenvalue weighted by atomic mass is 16.3. The first-order chi connectivity index (χ1) is 13.6. The van der Waals surface area contributed by atoms with Crippen LogP contribution >= 0.6 is 0 Å². The molecular weight excluding hydrogens is 360 g/mol. The molecule has 2 aliphatic rings. The number of amides is 2. The number of nitrogens with one attached hydrogen (secondary N) is 2. The van der Waals surface area contributed by atoms with Gasteiger partial charge in [0, 0.05) is 31.2 Å². The normalized spacial score (nSPS) is 20.4. The number of likely N-dealkylation sites (tertiary alicyclic amines) is 1. The Morgan fingerprint density at radius 3 is 2.96 bits per heavy atom. The monoisotopic (exact) mass is 380 g/mol. The fourth-order valence-electron chi connectivity index (χ4n) is 4.25. The molecule has 9 heteroatoms. The number of hydrogen-bond donors (Lipinski definition) is 2. The Kier molecular flexibility index (Phi) is 3.88. The van der Waals surface area contributed by atoms with Crippen LogP contribution in [0.2, 0.25) is 0 Å². The molecule has 1 spiro atoms. The summed E-state index contributed by atoms with van der Waals surface area (Å²) in [5.74, 6) is 0.750. The quantitative estimate of drug-likeness (QED) is 0.710. The highest BCUT2D eigenvalue weighted by Gasteiger charge is 2.54. The molecule has 1 atom stereocenters. The molecule has 9 nitrogen and oxygen atoms in total. The van der Waals surface area contributed by atoms with Crippen molar-refractivity contribution in [3.05, 3.63) is 42.4 Å². The van der Waals surface area contributed by atoms with E-state index in [1.54, 1.807) is 18.5 Å². The van der Waals surface area contributed by atoms with Crippen molar-refractivity contribution in [2.24, 2.45) is 11.3 Å². The van der Waals surface area contributed by atoms with Gasteiger partial charge in [-0.1, -0.05) is 0 Å². The van der Waals surface area contributed by atoms with E-state index in [9.17, 15) is 9.59 Å². The van der Waals surface area contributed by atoms with E-state index >= 15 is 0 Å². The molecule has 1 unspecified atom stereocenters. The van der Waals surface area contributed by atoms with Crippen LogP contribution in [0.4, 0.5) is 0 Å². The van der Waals surface area contributed by atoms with E-state index in [1.165, 1.54) is 6.33 Å². The zero-order valence-electron chi connectivity index (χ0n) is 15.2. The van der Waals surface area contributed by atoms with Gasteiger partial charge in [0.05, 0.1) is 6.20 Å². The van der Waals surface area contributed by atoms with Crippen LogP contribution in [0, 0.1) is 11.3 Å². The molecule has 1 aliphatic carbocycles. The van der Waals surface area contributed by atoms with Crippen LogP contribution in [0.1, 0.15) is 40.4 Å². The van der Waals surface area contributed by atoms with E-state index in [1.807, 2.05) is 11.0 Å². The number of pyridine rings is 1. The lowest BCUT2D eigenvalue weighted by atomic mass is 9.90. The minimum absolute atomic E-state index is 0.0998. The summed E-state index contributed by atoms with van der Waals surface area (Å²) in [6, 6.07) is 3.56. The first-order valence-electron chi connectivity index (χ1n) is 9.41. The smallest absolute Gasteiger partial charge is 0.291 e. The third kappa shape index (κ3) is 2.92. The molecule has 144 valence electrons. The summed E-state index contributed by atoms with van der Waals surface area (Å²) in [6.45, 7) is 2.05. The first-order valence-corrected chi connectivity index (χ1v) is 9.41. The summed E-state index contributed by atoms with van der Waals surface area (Å²) >= 11 is 0. The van der Waals surface area contributed by atoms with Crippen LogP contribution in [-0.4, -0.2) is 56.5 Å². The minimum Gasteiger partial charge on any atom is -0.449 e. The Hall–Kier alpha value is -3.23. The molecule has 0 radical (unpaired) electrons. The van der Waals surface area contributed by atoms with Crippen LogP contribution < -0.4 is 5.32 Å². The molecule has 0 bridgehead atoms. The molecule has 4 heterocycles. The van der Waals surface area contributed by atoms with Gasteiger partial charge in [-0.3, -0.25) is 19.7 Å². The van der Waals surface area contributed by atoms with E-state index in [4.69, 9.17) is 4.42 Å². The lowest BCUT2D eigenvalue weighted by Crippen LogP contribution is -2.40. The molecule has 2 N–H and O–H groups in total. The first kappa shape index (κ1) is 16.9. The van der Waals surface area contributed by atoms with Crippen LogP contribution in [0.3, 0.4) is 0 Å². The maximum Gasteiger partial charge on any atom is 0.291 e. The fourth-order valence-corrected chi connectivity index (χ4v) is 4.25. The Morgan fingerprint density at radius 2 is 2.21 bits per heavy atom. The van der Waals surface area contributed by atoms with E-state index in [0.29, 0.717) is 36.9 Å². The summed E-state index contributed by atoms with van der Waals surface area (Å²) < 4.78 is 5.56. The summed E-state index contributed by atoms with van der Waals surface area (Å²) in [4.78, 5) is 34.5. The third-order valence-electron chi connectivity index (χ3n) is 6.08. The van der Waals surface area contributed by atoms with Crippen molar-refractivity contribution in [3.8, 4) is 0 Å². The largest absolute Gasteiger partial charge is 0.449 e. The second-order valence-corrected chi connectivity index (χ2v) is 7.62. The predicted octanol–water partition coefficient (Wildman–Crippen LogP) is 1.62. The molecule has 1 saturated carbocycles. The van der Waals surface area contributed by atoms with Gasteiger partial charge in [-0.25, -0.2) is 4.98 Å². The number of fused-ring (bicyclic) bond motifs is 1. The number of carbonyl (C=O) groups excluding carboxylic acids is 2. The SMILES string of the molecule is O=C(NCC1CC12CCN(C(=O)c1ncn[nH]1)CC2)c1cc2ccncc2o1. The Labute approximate surface area is 160 Å². The standard InChI is InChI=1S/C19H20N6O3/c26-17(14-7-12-1-4-20-10-15(12)28-14)21-9-13-8-19(13)2-5-25(6-3-19)18(27)16-22-11-23-24-16/h1,4,7,10-11,13H,2-3,5-6,8-9H2,(H,21,26)(H,22,23,24). The predicted molar refractivity (Wildman–Crippen MR) is 98.4 cm³/mol. The number of H-pyrrole nitrogens is 1. The molecule has 3 aromatic heterocycles. The summed E-state index contributed by atoms with van der Waals surface area (Å²) in [7, 11) is 0. The number of rotatable bonds is 4. The molecule has 5 rings (SSSR count). The van der Waals surface area contributed by atoms with Crippen molar-refractivity contribution in [3.63, 3.8) is 0 Å². The average molecular weight is 380 g/mol. The van der Waals surface area contributed by atoms with Gasteiger partial charge in [-0.05, 0) is 42.7 Å². The maximum atomic E-state index is 12.4. The zero-order chi connectivity index (χ0) is 19.1. The second-order valence-electron chi connectivity index (χ2n) is 7.62. The Balaban J connectivity index is 1.14. The molecule has 2 amide bonds. The van der Waals surface area contributed by atoms with Crippen LogP contribution in [0.5, 0.6) is 0 Å². The Morgan fingerprint density at radius 1 is 1.36 bits per heavy atom. The highest BCUT2D eigenvalue weighted by Crippen LogP contribution is 2.59. The molecule has 28 heavy (non-hydrogen) atoms. The van der Waals surface area contributed by atoms with Gasteiger partial charge in [0.2, 0.25) is 5.82 Å². The molecule has 2 fully saturated rings. The van der Waals surface area contributed by atoms with Crippen molar-refractivity contribution in [1.82, 2.24) is 30.4 Å². The van der Waals surface area contributed by atoms with Crippen molar-refractivity contribution in [2.75, 3.05) is 19.6 Å². The van der Waals surface area contributed by atoms with E-state index in [-0.39, 0.29) is 23.1 Å². The van der Waals surface area contributed by atoms with Gasteiger partial charge < -0.3 is 14.6 Å². The fraction of sp³-hybridized carbons (Fsp3) is 0.421. The molecule has 1 aliphatic heterocycles. The lowest BCUT2D eigenvalue weighted by Gasteiger charge is -2.32. The van der Waals surface area contributed by atoms with Gasteiger partial charge >= 0.3 is 0 Å². The summed E-state index contributed by atoms with van der Waals surface area (Å²) in [5.41, 5.74) is 0.850. The van der Waals surface area contributed by atoms with Crippen LogP contribution in [0.25, 0.3) is 11.0 Å². The molecule has 1 saturated heterocycles. The summed E-state index contributed by atoms with van der Waals surface area (Å²) in [6.07, 6.45) is 7.61. The number of carbonyl (C=O) groups is 2. The third-order valence-corrected chi connectivity index (χ3v) is 6.08. The topological polar surface area (TPSA) is 117 Å². The van der Waals surface area contributed by atoms with E-state index in [0.717, 1.165) is 24.6 Å². The molecule has 3 aromatic rings. The van der Waals surface area contributed by atoms with Gasteiger partial charge in [0.1, 0.15) is 6.33 Å². The zero-order valence-corrected chi connectivity index (χ0v) is 15.2. The lowest BCUT2D eigenvalue weighted by molar-refractivity contribution is 0.0657. The minimum atomic E-state index is -0.198. The molecule has 0 aromatic carbocycles. The number of aromatic nitrogens is 4. The Bertz CT molecular complexity index is 986. The second kappa shape index (κ2) is 6.43. The van der Waals surface area contributed by atoms with Crippen LogP contribution in [0.15, 0.2) is 35.3 Å². The van der Waals surface area contributed by atoms with E-state index < -0.39 is 0 Å². The maximum absolute atomic E-state index is 12.4.